The zero-order valence-electron chi connectivity index (χ0n) is 13.7. The van der Waals surface area contributed by atoms with E-state index < -0.39 is 0 Å². The van der Waals surface area contributed by atoms with E-state index in [-0.39, 0.29) is 0 Å². The second-order valence-electron chi connectivity index (χ2n) is 7.90. The quantitative estimate of drug-likeness (QED) is 0.841. The van der Waals surface area contributed by atoms with E-state index in [0.29, 0.717) is 5.54 Å². The zero-order chi connectivity index (χ0) is 14.0. The molecule has 0 amide bonds. The van der Waals surface area contributed by atoms with Gasteiger partial charge < -0.3 is 5.32 Å². The van der Waals surface area contributed by atoms with Crippen molar-refractivity contribution in [3.63, 3.8) is 0 Å². The summed E-state index contributed by atoms with van der Waals surface area (Å²) in [5.74, 6) is 1.85. The lowest BCUT2D eigenvalue weighted by molar-refractivity contribution is 0.0130. The molecule has 1 heterocycles. The average molecular weight is 278 g/mol. The maximum atomic E-state index is 4.00. The first-order chi connectivity index (χ1) is 9.72. The Labute approximate surface area is 125 Å². The zero-order valence-corrected chi connectivity index (χ0v) is 13.7. The lowest BCUT2D eigenvalue weighted by Gasteiger charge is -2.52. The first-order valence-corrected chi connectivity index (χ1v) is 9.21. The molecule has 1 spiro atoms. The molecule has 3 fully saturated rings. The van der Waals surface area contributed by atoms with Crippen LogP contribution < -0.4 is 5.32 Å². The summed E-state index contributed by atoms with van der Waals surface area (Å²) in [7, 11) is 0. The highest BCUT2D eigenvalue weighted by molar-refractivity contribution is 5.01. The number of nitrogens with zero attached hydrogens (tertiary/aromatic N) is 1. The average Bonchev–Trinajstić information content (AvgIpc) is 2.43. The van der Waals surface area contributed by atoms with Gasteiger partial charge >= 0.3 is 0 Å². The van der Waals surface area contributed by atoms with Crippen LogP contribution in [0, 0.1) is 11.8 Å². The normalized spacial score (nSPS) is 33.0. The molecule has 2 aliphatic carbocycles. The highest BCUT2D eigenvalue weighted by atomic mass is 15.3. The van der Waals surface area contributed by atoms with Crippen LogP contribution in [0.15, 0.2) is 0 Å². The number of hydrogen-bond acceptors (Lipinski definition) is 2. The van der Waals surface area contributed by atoms with Crippen molar-refractivity contribution in [2.24, 2.45) is 11.8 Å². The minimum absolute atomic E-state index is 0.478. The third kappa shape index (κ3) is 3.06. The van der Waals surface area contributed by atoms with Gasteiger partial charge in [0.25, 0.3) is 0 Å². The van der Waals surface area contributed by atoms with Gasteiger partial charge in [0.1, 0.15) is 0 Å². The number of piperazine rings is 1. The van der Waals surface area contributed by atoms with Gasteiger partial charge in [-0.3, -0.25) is 4.90 Å². The fourth-order valence-corrected chi connectivity index (χ4v) is 4.62. The number of rotatable bonds is 4. The lowest BCUT2D eigenvalue weighted by atomic mass is 9.77. The van der Waals surface area contributed by atoms with Crippen LogP contribution in [0.3, 0.4) is 0 Å². The smallest absolute Gasteiger partial charge is 0.0309 e. The van der Waals surface area contributed by atoms with Crippen molar-refractivity contribution >= 4 is 0 Å². The Morgan fingerprint density at radius 2 is 1.90 bits per heavy atom. The van der Waals surface area contributed by atoms with E-state index in [1.54, 1.807) is 0 Å². The Hall–Kier alpha value is -0.0800. The van der Waals surface area contributed by atoms with Crippen molar-refractivity contribution in [2.45, 2.75) is 83.2 Å². The molecule has 0 radical (unpaired) electrons. The molecule has 1 saturated heterocycles. The van der Waals surface area contributed by atoms with E-state index in [2.05, 4.69) is 24.1 Å². The Balaban J connectivity index is 1.67. The summed E-state index contributed by atoms with van der Waals surface area (Å²) in [6.07, 6.45) is 13.0. The van der Waals surface area contributed by atoms with E-state index in [0.717, 1.165) is 17.9 Å². The molecule has 1 aliphatic heterocycles. The van der Waals surface area contributed by atoms with E-state index in [1.807, 2.05) is 0 Å². The predicted molar refractivity (Wildman–Crippen MR) is 86.0 cm³/mol. The van der Waals surface area contributed by atoms with Crippen molar-refractivity contribution in [2.75, 3.05) is 19.6 Å². The van der Waals surface area contributed by atoms with Gasteiger partial charge in [0, 0.05) is 31.2 Å². The second kappa shape index (κ2) is 6.36. The predicted octanol–water partition coefficient (Wildman–Crippen LogP) is 3.81. The molecule has 116 valence electrons. The van der Waals surface area contributed by atoms with E-state index >= 15 is 0 Å². The minimum atomic E-state index is 0.478. The highest BCUT2D eigenvalue weighted by Gasteiger charge is 2.41. The van der Waals surface area contributed by atoms with Gasteiger partial charge in [-0.1, -0.05) is 46.0 Å². The maximum absolute atomic E-state index is 4.00. The van der Waals surface area contributed by atoms with Crippen LogP contribution in [0.1, 0.15) is 71.6 Å². The van der Waals surface area contributed by atoms with Gasteiger partial charge in [-0.25, -0.2) is 0 Å². The van der Waals surface area contributed by atoms with Crippen LogP contribution in [-0.2, 0) is 0 Å². The summed E-state index contributed by atoms with van der Waals surface area (Å²) in [5, 5.41) is 4.00. The molecule has 2 unspecified atom stereocenters. The summed E-state index contributed by atoms with van der Waals surface area (Å²) < 4.78 is 0. The lowest BCUT2D eigenvalue weighted by Crippen LogP contribution is -2.66. The molecular weight excluding hydrogens is 244 g/mol. The first kappa shape index (κ1) is 14.8. The molecule has 2 heteroatoms. The van der Waals surface area contributed by atoms with Crippen LogP contribution in [-0.4, -0.2) is 36.1 Å². The maximum Gasteiger partial charge on any atom is 0.0309 e. The molecule has 0 aromatic heterocycles. The summed E-state index contributed by atoms with van der Waals surface area (Å²) in [6.45, 7) is 8.77. The molecule has 2 nitrogen and oxygen atoms in total. The Kier molecular flexibility index (Phi) is 4.72. The Morgan fingerprint density at radius 1 is 1.15 bits per heavy atom. The fraction of sp³-hybridized carbons (Fsp3) is 1.00. The van der Waals surface area contributed by atoms with E-state index in [4.69, 9.17) is 0 Å². The summed E-state index contributed by atoms with van der Waals surface area (Å²) in [5.41, 5.74) is 0.478. The van der Waals surface area contributed by atoms with E-state index in [9.17, 15) is 0 Å². The second-order valence-corrected chi connectivity index (χ2v) is 7.90. The third-order valence-corrected chi connectivity index (χ3v) is 6.49. The van der Waals surface area contributed by atoms with Gasteiger partial charge in [-0.15, -0.1) is 0 Å². The topological polar surface area (TPSA) is 15.3 Å². The van der Waals surface area contributed by atoms with Crippen LogP contribution in [0.4, 0.5) is 0 Å². The fourth-order valence-electron chi connectivity index (χ4n) is 4.62. The molecule has 0 aromatic carbocycles. The van der Waals surface area contributed by atoms with Crippen molar-refractivity contribution in [3.8, 4) is 0 Å². The third-order valence-electron chi connectivity index (χ3n) is 6.49. The van der Waals surface area contributed by atoms with Crippen molar-refractivity contribution in [1.82, 2.24) is 10.2 Å². The standard InChI is InChI=1S/C18H34N2/c1-3-15(2)17-12-19-18(10-5-4-6-11-18)14-20(17)13-16-8-7-9-16/h15-17,19H,3-14H2,1-2H3. The monoisotopic (exact) mass is 278 g/mol. The van der Waals surface area contributed by atoms with Gasteiger partial charge in [0.15, 0.2) is 0 Å². The molecule has 1 N–H and O–H groups in total. The van der Waals surface area contributed by atoms with Crippen molar-refractivity contribution < 1.29 is 0 Å². The molecule has 0 aromatic rings. The van der Waals surface area contributed by atoms with Crippen LogP contribution >= 0.6 is 0 Å². The van der Waals surface area contributed by atoms with Crippen molar-refractivity contribution in [1.29, 1.82) is 0 Å². The van der Waals surface area contributed by atoms with Crippen LogP contribution in [0.5, 0.6) is 0 Å². The van der Waals surface area contributed by atoms with Crippen molar-refractivity contribution in [3.05, 3.63) is 0 Å². The molecule has 3 aliphatic rings. The first-order valence-electron chi connectivity index (χ1n) is 9.21. The van der Waals surface area contributed by atoms with Gasteiger partial charge in [0.05, 0.1) is 0 Å². The largest absolute Gasteiger partial charge is 0.308 e. The number of hydrogen-bond donors (Lipinski definition) is 1. The van der Waals surface area contributed by atoms with E-state index in [1.165, 1.54) is 77.4 Å². The van der Waals surface area contributed by atoms with Gasteiger partial charge in [0.2, 0.25) is 0 Å². The highest BCUT2D eigenvalue weighted by Crippen LogP contribution is 2.35. The summed E-state index contributed by atoms with van der Waals surface area (Å²) in [4.78, 5) is 2.90. The minimum Gasteiger partial charge on any atom is -0.308 e. The summed E-state index contributed by atoms with van der Waals surface area (Å²) >= 11 is 0. The molecule has 2 saturated carbocycles. The van der Waals surface area contributed by atoms with Gasteiger partial charge in [-0.05, 0) is 37.5 Å². The van der Waals surface area contributed by atoms with Crippen LogP contribution in [0.2, 0.25) is 0 Å². The van der Waals surface area contributed by atoms with Crippen LogP contribution in [0.25, 0.3) is 0 Å². The summed E-state index contributed by atoms with van der Waals surface area (Å²) in [6, 6.07) is 0.785. The molecule has 2 atom stereocenters. The molecule has 20 heavy (non-hydrogen) atoms. The molecular formula is C18H34N2. The Morgan fingerprint density at radius 3 is 2.50 bits per heavy atom. The Bertz CT molecular complexity index is 305. The molecule has 0 bridgehead atoms. The molecule has 3 rings (SSSR count). The SMILES string of the molecule is CCC(C)C1CNC2(CCCCC2)CN1CC1CCC1. The number of nitrogens with one attached hydrogen (secondary N) is 1. The van der Waals surface area contributed by atoms with Gasteiger partial charge in [-0.2, -0.15) is 0 Å².